The number of alkyl carbamates (subject to hydrolysis) is 1. The summed E-state index contributed by atoms with van der Waals surface area (Å²) in [5.74, 6) is -1.35. The van der Waals surface area contributed by atoms with Crippen molar-refractivity contribution in [3.63, 3.8) is 0 Å². The van der Waals surface area contributed by atoms with E-state index in [1.54, 1.807) is 41.5 Å². The van der Waals surface area contributed by atoms with E-state index < -0.39 is 53.4 Å². The Morgan fingerprint density at radius 2 is 1.57 bits per heavy atom. The molecule has 1 amide bonds. The molecule has 1 aromatic rings. The van der Waals surface area contributed by atoms with Crippen molar-refractivity contribution >= 4 is 12.1 Å². The summed E-state index contributed by atoms with van der Waals surface area (Å²) < 4.78 is 49.0. The van der Waals surface area contributed by atoms with Gasteiger partial charge in [-0.1, -0.05) is 12.1 Å². The average molecular weight is 433 g/mol. The SMILES string of the molecule is CC(C)(C)OC(=O)N[C@H](COC(=O)C(C)(C)C)[C@H](CO)c1ccc(C(F)(F)F)cc1. The molecule has 1 rings (SSSR count). The number of hydrogen-bond donors (Lipinski definition) is 2. The monoisotopic (exact) mass is 433 g/mol. The molecule has 0 aromatic heterocycles. The lowest BCUT2D eigenvalue weighted by Crippen LogP contribution is -2.46. The molecule has 0 radical (unpaired) electrons. The molecule has 170 valence electrons. The number of amides is 1. The molecule has 0 aliphatic heterocycles. The van der Waals surface area contributed by atoms with Crippen molar-refractivity contribution in [3.05, 3.63) is 35.4 Å². The topological polar surface area (TPSA) is 84.9 Å². The molecule has 0 aliphatic rings. The van der Waals surface area contributed by atoms with Crippen LogP contribution in [0.15, 0.2) is 24.3 Å². The van der Waals surface area contributed by atoms with Crippen LogP contribution in [-0.4, -0.2) is 42.0 Å². The first-order chi connectivity index (χ1) is 13.5. The molecule has 1 aromatic carbocycles. The van der Waals surface area contributed by atoms with E-state index in [1.807, 2.05) is 0 Å². The Morgan fingerprint density at radius 3 is 1.97 bits per heavy atom. The minimum Gasteiger partial charge on any atom is -0.463 e. The fraction of sp³-hybridized carbons (Fsp3) is 0.619. The third kappa shape index (κ3) is 8.22. The summed E-state index contributed by atoms with van der Waals surface area (Å²) in [7, 11) is 0. The van der Waals surface area contributed by atoms with Crippen molar-refractivity contribution in [2.24, 2.45) is 5.41 Å². The van der Waals surface area contributed by atoms with Gasteiger partial charge in [-0.2, -0.15) is 13.2 Å². The number of carbonyl (C=O) groups excluding carboxylic acids is 2. The fourth-order valence-electron chi connectivity index (χ4n) is 2.48. The van der Waals surface area contributed by atoms with Gasteiger partial charge in [-0.05, 0) is 59.2 Å². The minimum absolute atomic E-state index is 0.290. The zero-order valence-electron chi connectivity index (χ0n) is 18.1. The number of halogens is 3. The van der Waals surface area contributed by atoms with E-state index in [0.29, 0.717) is 5.56 Å². The maximum absolute atomic E-state index is 12.8. The molecule has 0 saturated carbocycles. The molecular formula is C21H30F3NO5. The zero-order chi connectivity index (χ0) is 23.3. The second kappa shape index (κ2) is 9.68. The van der Waals surface area contributed by atoms with Gasteiger partial charge in [-0.3, -0.25) is 4.79 Å². The lowest BCUT2D eigenvalue weighted by Gasteiger charge is -2.29. The van der Waals surface area contributed by atoms with Crippen LogP contribution in [0, 0.1) is 5.41 Å². The average Bonchev–Trinajstić information content (AvgIpc) is 2.57. The molecule has 0 saturated heterocycles. The Morgan fingerprint density at radius 1 is 1.03 bits per heavy atom. The Labute approximate surface area is 174 Å². The summed E-state index contributed by atoms with van der Waals surface area (Å²) in [6.45, 7) is 9.18. The number of carbonyl (C=O) groups is 2. The maximum Gasteiger partial charge on any atom is 0.416 e. The standard InChI is InChI=1S/C21H30F3NO5/c1-19(2,3)17(27)29-12-16(25-18(28)30-20(4,5)6)15(11-26)13-7-9-14(10-8-13)21(22,23)24/h7-10,15-16,26H,11-12H2,1-6H3,(H,25,28)/t15-,16-/m1/s1. The fourth-order valence-corrected chi connectivity index (χ4v) is 2.48. The number of nitrogens with one attached hydrogen (secondary N) is 1. The van der Waals surface area contributed by atoms with Gasteiger partial charge >= 0.3 is 18.2 Å². The summed E-state index contributed by atoms with van der Waals surface area (Å²) in [5, 5.41) is 12.4. The number of aliphatic hydroxyl groups excluding tert-OH is 1. The molecule has 0 aliphatic carbocycles. The molecule has 0 unspecified atom stereocenters. The highest BCUT2D eigenvalue weighted by Crippen LogP contribution is 2.31. The predicted molar refractivity (Wildman–Crippen MR) is 105 cm³/mol. The van der Waals surface area contributed by atoms with Crippen molar-refractivity contribution in [2.75, 3.05) is 13.2 Å². The van der Waals surface area contributed by atoms with Crippen molar-refractivity contribution in [1.82, 2.24) is 5.32 Å². The van der Waals surface area contributed by atoms with E-state index in [0.717, 1.165) is 12.1 Å². The van der Waals surface area contributed by atoms with Gasteiger partial charge in [0.15, 0.2) is 0 Å². The van der Waals surface area contributed by atoms with E-state index in [9.17, 15) is 27.9 Å². The van der Waals surface area contributed by atoms with Crippen LogP contribution in [0.3, 0.4) is 0 Å². The van der Waals surface area contributed by atoms with Crippen LogP contribution in [0.4, 0.5) is 18.0 Å². The second-order valence-corrected chi connectivity index (χ2v) is 9.01. The number of benzene rings is 1. The zero-order valence-corrected chi connectivity index (χ0v) is 18.1. The molecular weight excluding hydrogens is 403 g/mol. The quantitative estimate of drug-likeness (QED) is 0.655. The van der Waals surface area contributed by atoms with Gasteiger partial charge in [-0.15, -0.1) is 0 Å². The molecule has 0 spiro atoms. The summed E-state index contributed by atoms with van der Waals surface area (Å²) >= 11 is 0. The van der Waals surface area contributed by atoms with E-state index in [4.69, 9.17) is 9.47 Å². The number of aliphatic hydroxyl groups is 1. The van der Waals surface area contributed by atoms with Crippen LogP contribution >= 0.6 is 0 Å². The summed E-state index contributed by atoms with van der Waals surface area (Å²) in [4.78, 5) is 24.4. The van der Waals surface area contributed by atoms with Crippen LogP contribution in [0.5, 0.6) is 0 Å². The number of rotatable bonds is 6. The van der Waals surface area contributed by atoms with Gasteiger partial charge < -0.3 is 19.9 Å². The van der Waals surface area contributed by atoms with Gasteiger partial charge in [0.05, 0.1) is 23.6 Å². The third-order valence-electron chi connectivity index (χ3n) is 4.06. The molecule has 2 atom stereocenters. The molecule has 6 nitrogen and oxygen atoms in total. The van der Waals surface area contributed by atoms with E-state index >= 15 is 0 Å². The number of esters is 1. The van der Waals surface area contributed by atoms with Gasteiger partial charge in [0, 0.05) is 5.92 Å². The van der Waals surface area contributed by atoms with E-state index in [2.05, 4.69) is 5.32 Å². The normalized spacial score (nSPS) is 14.6. The maximum atomic E-state index is 12.8. The summed E-state index contributed by atoms with van der Waals surface area (Å²) in [6.07, 6.45) is -5.30. The van der Waals surface area contributed by atoms with E-state index in [-0.39, 0.29) is 6.61 Å². The molecule has 2 N–H and O–H groups in total. The smallest absolute Gasteiger partial charge is 0.416 e. The first-order valence-corrected chi connectivity index (χ1v) is 9.49. The first kappa shape index (κ1) is 25.7. The second-order valence-electron chi connectivity index (χ2n) is 9.01. The Bertz CT molecular complexity index is 718. The highest BCUT2D eigenvalue weighted by molar-refractivity contribution is 5.75. The lowest BCUT2D eigenvalue weighted by molar-refractivity contribution is -0.154. The summed E-state index contributed by atoms with van der Waals surface area (Å²) in [6, 6.07) is 3.30. The summed E-state index contributed by atoms with van der Waals surface area (Å²) in [5.41, 5.74) is -2.07. The molecule has 9 heteroatoms. The van der Waals surface area contributed by atoms with Crippen molar-refractivity contribution in [2.45, 2.75) is 65.3 Å². The minimum atomic E-state index is -4.50. The Kier molecular flexibility index (Phi) is 8.31. The molecule has 30 heavy (non-hydrogen) atoms. The highest BCUT2D eigenvalue weighted by atomic mass is 19.4. The highest BCUT2D eigenvalue weighted by Gasteiger charge is 2.33. The van der Waals surface area contributed by atoms with Crippen molar-refractivity contribution in [3.8, 4) is 0 Å². The largest absolute Gasteiger partial charge is 0.463 e. The third-order valence-corrected chi connectivity index (χ3v) is 4.06. The predicted octanol–water partition coefficient (Wildman–Crippen LogP) is 4.26. The van der Waals surface area contributed by atoms with Crippen LogP contribution in [0.1, 0.15) is 58.6 Å². The van der Waals surface area contributed by atoms with E-state index in [1.165, 1.54) is 12.1 Å². The van der Waals surface area contributed by atoms with Crippen molar-refractivity contribution in [1.29, 1.82) is 0 Å². The van der Waals surface area contributed by atoms with Crippen LogP contribution in [0.25, 0.3) is 0 Å². The van der Waals surface area contributed by atoms with Crippen molar-refractivity contribution < 1.29 is 37.3 Å². The van der Waals surface area contributed by atoms with Crippen LogP contribution in [0.2, 0.25) is 0 Å². The van der Waals surface area contributed by atoms with Gasteiger partial charge in [-0.25, -0.2) is 4.79 Å². The van der Waals surface area contributed by atoms with Gasteiger partial charge in [0.25, 0.3) is 0 Å². The van der Waals surface area contributed by atoms with Crippen LogP contribution in [-0.2, 0) is 20.4 Å². The number of hydrogen-bond acceptors (Lipinski definition) is 5. The Balaban J connectivity index is 3.11. The Hall–Kier alpha value is -2.29. The first-order valence-electron chi connectivity index (χ1n) is 9.49. The van der Waals surface area contributed by atoms with Gasteiger partial charge in [0.2, 0.25) is 0 Å². The molecule has 0 bridgehead atoms. The molecule has 0 heterocycles. The number of ether oxygens (including phenoxy) is 2. The van der Waals surface area contributed by atoms with Crippen LogP contribution < -0.4 is 5.32 Å². The van der Waals surface area contributed by atoms with Gasteiger partial charge in [0.1, 0.15) is 12.2 Å². The lowest BCUT2D eigenvalue weighted by atomic mass is 9.91. The number of alkyl halides is 3. The molecule has 0 fully saturated rings.